The average molecular weight is 296 g/mol. The summed E-state index contributed by atoms with van der Waals surface area (Å²) >= 11 is 0. The molecule has 0 saturated carbocycles. The van der Waals surface area contributed by atoms with Gasteiger partial charge in [-0.3, -0.25) is 0 Å². The van der Waals surface area contributed by atoms with Crippen LogP contribution in [0.2, 0.25) is 0 Å². The van der Waals surface area contributed by atoms with Gasteiger partial charge in [-0.05, 0) is 38.5 Å². The number of hydrogen-bond acceptors (Lipinski definition) is 3. The van der Waals surface area contributed by atoms with Crippen molar-refractivity contribution in [1.82, 2.24) is 5.32 Å². The molecule has 6 nitrogen and oxygen atoms in total. The Bertz CT molecular complexity index is 578. The third-order valence-corrected chi connectivity index (χ3v) is 3.74. The molecular weight excluding hydrogens is 279 g/mol. The Morgan fingerprint density at radius 1 is 1.48 bits per heavy atom. The fourth-order valence-corrected chi connectivity index (χ4v) is 2.19. The van der Waals surface area contributed by atoms with Crippen molar-refractivity contribution in [2.75, 3.05) is 11.9 Å². The first-order valence-electron chi connectivity index (χ1n) is 6.55. The molecule has 0 bridgehead atoms. The highest BCUT2D eigenvalue weighted by atomic mass is 19.1. The lowest BCUT2D eigenvalue weighted by molar-refractivity contribution is 0.0692. The van der Waals surface area contributed by atoms with E-state index in [9.17, 15) is 14.0 Å². The van der Waals surface area contributed by atoms with Crippen LogP contribution in [-0.4, -0.2) is 35.4 Å². The third-order valence-electron chi connectivity index (χ3n) is 3.74. The lowest BCUT2D eigenvalue weighted by Crippen LogP contribution is -2.52. The smallest absolute Gasteiger partial charge is 0.338 e. The number of nitrogens with one attached hydrogen (secondary N) is 2. The number of benzene rings is 1. The Labute approximate surface area is 121 Å². The summed E-state index contributed by atoms with van der Waals surface area (Å²) in [6.07, 6.45) is 0.572. The van der Waals surface area contributed by atoms with Crippen LogP contribution >= 0.6 is 0 Å². The molecular formula is C14H17FN2O4. The van der Waals surface area contributed by atoms with E-state index in [-0.39, 0.29) is 11.8 Å². The number of halogens is 1. The highest BCUT2D eigenvalue weighted by Crippen LogP contribution is 2.25. The van der Waals surface area contributed by atoms with E-state index in [2.05, 4.69) is 10.6 Å². The second-order valence-electron chi connectivity index (χ2n) is 5.26. The minimum Gasteiger partial charge on any atom is -0.478 e. The number of carboxylic acids is 1. The van der Waals surface area contributed by atoms with Crippen LogP contribution < -0.4 is 10.6 Å². The summed E-state index contributed by atoms with van der Waals surface area (Å²) in [6, 6.07) is 2.93. The molecule has 1 aliphatic rings. The number of amides is 2. The largest absolute Gasteiger partial charge is 0.478 e. The molecule has 114 valence electrons. The van der Waals surface area contributed by atoms with Gasteiger partial charge in [-0.1, -0.05) is 0 Å². The Hall–Kier alpha value is -2.15. The molecule has 21 heavy (non-hydrogen) atoms. The second kappa shape index (κ2) is 5.69. The van der Waals surface area contributed by atoms with Crippen LogP contribution in [0.4, 0.5) is 14.9 Å². The fourth-order valence-electron chi connectivity index (χ4n) is 2.19. The van der Waals surface area contributed by atoms with Crippen LogP contribution in [0, 0.1) is 5.82 Å². The molecule has 0 aromatic heterocycles. The number of rotatable bonds is 3. The molecule has 2 atom stereocenters. The van der Waals surface area contributed by atoms with Crippen LogP contribution in [0.5, 0.6) is 0 Å². The summed E-state index contributed by atoms with van der Waals surface area (Å²) in [5.41, 5.74) is -0.736. The number of hydrogen-bond donors (Lipinski definition) is 3. The Balaban J connectivity index is 2.03. The predicted molar refractivity (Wildman–Crippen MR) is 73.9 cm³/mol. The van der Waals surface area contributed by atoms with E-state index < -0.39 is 28.9 Å². The van der Waals surface area contributed by atoms with Crippen LogP contribution in [-0.2, 0) is 4.74 Å². The number of ether oxygens (including phenoxy) is 1. The summed E-state index contributed by atoms with van der Waals surface area (Å²) in [5.74, 6) is -2.25. The maximum Gasteiger partial charge on any atom is 0.338 e. The molecule has 1 heterocycles. The third kappa shape index (κ3) is 3.30. The topological polar surface area (TPSA) is 87.7 Å². The summed E-state index contributed by atoms with van der Waals surface area (Å²) < 4.78 is 18.9. The monoisotopic (exact) mass is 296 g/mol. The number of urea groups is 1. The van der Waals surface area contributed by atoms with Gasteiger partial charge in [0.05, 0.1) is 17.2 Å². The van der Waals surface area contributed by atoms with E-state index in [0.717, 1.165) is 12.1 Å². The molecule has 2 unspecified atom stereocenters. The minimum absolute atomic E-state index is 0.116. The molecule has 2 amide bonds. The van der Waals surface area contributed by atoms with Crippen molar-refractivity contribution in [3.05, 3.63) is 29.6 Å². The quantitative estimate of drug-likeness (QED) is 0.798. The summed E-state index contributed by atoms with van der Waals surface area (Å²) in [5, 5.41) is 14.0. The standard InChI is InChI=1S/C14H17FN2O4/c1-8-14(2,5-6-21-8)17-13(20)16-9-3-4-10(12(18)19)11(15)7-9/h3-4,7-8H,5-6H2,1-2H3,(H,18,19)(H2,16,17,20). The van der Waals surface area contributed by atoms with E-state index in [1.54, 1.807) is 0 Å². The summed E-state index contributed by atoms with van der Waals surface area (Å²) in [7, 11) is 0. The number of aromatic carboxylic acids is 1. The Morgan fingerprint density at radius 3 is 2.71 bits per heavy atom. The van der Waals surface area contributed by atoms with E-state index in [1.165, 1.54) is 6.07 Å². The van der Waals surface area contributed by atoms with Gasteiger partial charge < -0.3 is 20.5 Å². The van der Waals surface area contributed by atoms with Crippen molar-refractivity contribution < 1.29 is 23.8 Å². The van der Waals surface area contributed by atoms with E-state index in [1.807, 2.05) is 13.8 Å². The van der Waals surface area contributed by atoms with E-state index in [4.69, 9.17) is 9.84 Å². The van der Waals surface area contributed by atoms with Crippen molar-refractivity contribution in [2.24, 2.45) is 0 Å². The van der Waals surface area contributed by atoms with Gasteiger partial charge in [0.15, 0.2) is 0 Å². The molecule has 3 N–H and O–H groups in total. The molecule has 0 aliphatic carbocycles. The first kappa shape index (κ1) is 15.2. The molecule has 7 heteroatoms. The van der Waals surface area contributed by atoms with Crippen molar-refractivity contribution in [1.29, 1.82) is 0 Å². The lowest BCUT2D eigenvalue weighted by Gasteiger charge is -2.28. The van der Waals surface area contributed by atoms with Crippen LogP contribution in [0.15, 0.2) is 18.2 Å². The molecule has 1 saturated heterocycles. The van der Waals surface area contributed by atoms with E-state index in [0.29, 0.717) is 13.0 Å². The van der Waals surface area contributed by atoms with Gasteiger partial charge in [0.2, 0.25) is 0 Å². The zero-order chi connectivity index (χ0) is 15.6. The molecule has 0 spiro atoms. The molecule has 1 aliphatic heterocycles. The number of carboxylic acid groups (broad SMARTS) is 1. The summed E-state index contributed by atoms with van der Waals surface area (Å²) in [6.45, 7) is 4.31. The first-order valence-corrected chi connectivity index (χ1v) is 6.55. The zero-order valence-corrected chi connectivity index (χ0v) is 11.8. The SMILES string of the molecule is CC1OCCC1(C)NC(=O)Nc1ccc(C(=O)O)c(F)c1. The fraction of sp³-hybridized carbons (Fsp3) is 0.429. The van der Waals surface area contributed by atoms with Gasteiger partial charge in [-0.2, -0.15) is 0 Å². The maximum atomic E-state index is 13.5. The predicted octanol–water partition coefficient (Wildman–Crippen LogP) is 2.21. The van der Waals surface area contributed by atoms with Gasteiger partial charge in [0.1, 0.15) is 5.82 Å². The van der Waals surface area contributed by atoms with E-state index >= 15 is 0 Å². The normalized spacial score (nSPS) is 24.6. The number of carbonyl (C=O) groups excluding carboxylic acids is 1. The summed E-state index contributed by atoms with van der Waals surface area (Å²) in [4.78, 5) is 22.6. The Morgan fingerprint density at radius 2 is 2.19 bits per heavy atom. The minimum atomic E-state index is -1.35. The van der Waals surface area contributed by atoms with Crippen LogP contribution in [0.3, 0.4) is 0 Å². The molecule has 1 aromatic carbocycles. The number of anilines is 1. The molecule has 2 rings (SSSR count). The second-order valence-corrected chi connectivity index (χ2v) is 5.26. The van der Waals surface area contributed by atoms with Crippen molar-refractivity contribution in [3.8, 4) is 0 Å². The first-order chi connectivity index (χ1) is 9.82. The van der Waals surface area contributed by atoms with Crippen molar-refractivity contribution in [2.45, 2.75) is 31.9 Å². The van der Waals surface area contributed by atoms with Crippen LogP contribution in [0.25, 0.3) is 0 Å². The van der Waals surface area contributed by atoms with Gasteiger partial charge >= 0.3 is 12.0 Å². The molecule has 0 radical (unpaired) electrons. The Kier molecular flexibility index (Phi) is 4.13. The van der Waals surface area contributed by atoms with Crippen molar-refractivity contribution in [3.63, 3.8) is 0 Å². The lowest BCUT2D eigenvalue weighted by atomic mass is 9.95. The zero-order valence-electron chi connectivity index (χ0n) is 11.8. The van der Waals surface area contributed by atoms with Gasteiger partial charge in [0.25, 0.3) is 0 Å². The highest BCUT2D eigenvalue weighted by Gasteiger charge is 2.38. The van der Waals surface area contributed by atoms with Gasteiger partial charge in [0, 0.05) is 12.3 Å². The maximum absolute atomic E-state index is 13.5. The van der Waals surface area contributed by atoms with Crippen LogP contribution in [0.1, 0.15) is 30.6 Å². The molecule has 1 fully saturated rings. The molecule has 1 aromatic rings. The number of carbonyl (C=O) groups is 2. The van der Waals surface area contributed by atoms with Gasteiger partial charge in [-0.25, -0.2) is 14.0 Å². The van der Waals surface area contributed by atoms with Gasteiger partial charge in [-0.15, -0.1) is 0 Å². The van der Waals surface area contributed by atoms with Crippen molar-refractivity contribution >= 4 is 17.7 Å². The average Bonchev–Trinajstić information content (AvgIpc) is 2.68. The highest BCUT2D eigenvalue weighted by molar-refractivity contribution is 5.92.